The first-order valence-electron chi connectivity index (χ1n) is 9.56. The molecule has 0 spiro atoms. The molecule has 1 atom stereocenters. The van der Waals surface area contributed by atoms with Crippen molar-refractivity contribution in [3.05, 3.63) is 35.9 Å². The number of unbranched alkanes of at least 4 members (excludes halogenated alkanes) is 1. The van der Waals surface area contributed by atoms with E-state index in [4.69, 9.17) is 0 Å². The fourth-order valence-electron chi connectivity index (χ4n) is 3.05. The normalized spacial score (nSPS) is 17.2. The molecule has 1 unspecified atom stereocenters. The third-order valence-corrected chi connectivity index (χ3v) is 4.48. The van der Waals surface area contributed by atoms with Gasteiger partial charge in [-0.25, -0.2) is 0 Å². The summed E-state index contributed by atoms with van der Waals surface area (Å²) in [5.41, 5.74) is 1.28. The molecule has 0 saturated carbocycles. The number of carbonyl (C=O) groups excluding carboxylic acids is 1. The highest BCUT2D eigenvalue weighted by molar-refractivity contribution is 14.0. The summed E-state index contributed by atoms with van der Waals surface area (Å²) < 4.78 is 0. The number of hydrogen-bond acceptors (Lipinski definition) is 2. The first-order chi connectivity index (χ1) is 12.2. The molecule has 1 heterocycles. The zero-order valence-electron chi connectivity index (χ0n) is 16.0. The van der Waals surface area contributed by atoms with Gasteiger partial charge in [0.1, 0.15) is 0 Å². The van der Waals surface area contributed by atoms with E-state index < -0.39 is 0 Å². The number of benzene rings is 1. The molecule has 26 heavy (non-hydrogen) atoms. The van der Waals surface area contributed by atoms with Gasteiger partial charge in [-0.3, -0.25) is 9.79 Å². The molecule has 146 valence electrons. The molecule has 0 aliphatic carbocycles. The molecule has 1 aliphatic heterocycles. The summed E-state index contributed by atoms with van der Waals surface area (Å²) in [6, 6.07) is 10.4. The Hall–Kier alpha value is -1.31. The second-order valence-corrected chi connectivity index (χ2v) is 6.65. The van der Waals surface area contributed by atoms with Crippen LogP contribution in [0.4, 0.5) is 0 Å². The second kappa shape index (κ2) is 12.9. The monoisotopic (exact) mass is 472 g/mol. The summed E-state index contributed by atoms with van der Waals surface area (Å²) in [7, 11) is 0. The molecular weight excluding hydrogens is 439 g/mol. The van der Waals surface area contributed by atoms with E-state index in [0.717, 1.165) is 45.0 Å². The van der Waals surface area contributed by atoms with Gasteiger partial charge in [0.25, 0.3) is 0 Å². The Morgan fingerprint density at radius 2 is 2.00 bits per heavy atom. The average molecular weight is 472 g/mol. The van der Waals surface area contributed by atoms with Crippen molar-refractivity contribution in [2.75, 3.05) is 32.7 Å². The van der Waals surface area contributed by atoms with Crippen LogP contribution in [0.1, 0.15) is 38.7 Å². The lowest BCUT2D eigenvalue weighted by Crippen LogP contribution is -2.38. The summed E-state index contributed by atoms with van der Waals surface area (Å²) in [6.45, 7) is 8.37. The van der Waals surface area contributed by atoms with E-state index in [-0.39, 0.29) is 29.9 Å². The molecule has 1 aromatic carbocycles. The fourth-order valence-corrected chi connectivity index (χ4v) is 3.05. The molecule has 6 heteroatoms. The van der Waals surface area contributed by atoms with Crippen molar-refractivity contribution in [2.24, 2.45) is 10.9 Å². The number of halogens is 1. The van der Waals surface area contributed by atoms with Crippen LogP contribution < -0.4 is 10.6 Å². The van der Waals surface area contributed by atoms with Crippen LogP contribution >= 0.6 is 24.0 Å². The third kappa shape index (κ3) is 7.93. The van der Waals surface area contributed by atoms with Gasteiger partial charge in [-0.15, -0.1) is 24.0 Å². The van der Waals surface area contributed by atoms with Crippen LogP contribution in [0.2, 0.25) is 0 Å². The predicted molar refractivity (Wildman–Crippen MR) is 119 cm³/mol. The maximum absolute atomic E-state index is 12.2. The zero-order chi connectivity index (χ0) is 17.9. The molecular formula is C20H33IN4O. The van der Waals surface area contributed by atoms with Crippen molar-refractivity contribution in [3.8, 4) is 0 Å². The van der Waals surface area contributed by atoms with Crippen LogP contribution in [0.5, 0.6) is 0 Å². The van der Waals surface area contributed by atoms with Crippen molar-refractivity contribution in [2.45, 2.75) is 39.5 Å². The van der Waals surface area contributed by atoms with E-state index in [1.165, 1.54) is 12.0 Å². The topological polar surface area (TPSA) is 56.7 Å². The molecule has 1 saturated heterocycles. The molecule has 0 radical (unpaired) electrons. The van der Waals surface area contributed by atoms with Crippen LogP contribution in [0, 0.1) is 5.92 Å². The molecule has 1 aliphatic rings. The Bertz CT molecular complexity index is 550. The number of carbonyl (C=O) groups is 1. The minimum atomic E-state index is 0. The largest absolute Gasteiger partial charge is 0.357 e. The summed E-state index contributed by atoms with van der Waals surface area (Å²) in [4.78, 5) is 18.9. The lowest BCUT2D eigenvalue weighted by molar-refractivity contribution is -0.127. The summed E-state index contributed by atoms with van der Waals surface area (Å²) in [5, 5.41) is 6.63. The maximum atomic E-state index is 12.2. The number of aliphatic imine (C=N–C) groups is 1. The van der Waals surface area contributed by atoms with Crippen molar-refractivity contribution in [3.63, 3.8) is 0 Å². The molecule has 2 rings (SSSR count). The van der Waals surface area contributed by atoms with Gasteiger partial charge in [-0.05, 0) is 25.3 Å². The van der Waals surface area contributed by atoms with E-state index in [1.54, 1.807) is 0 Å². The van der Waals surface area contributed by atoms with Crippen LogP contribution in [0.3, 0.4) is 0 Å². The van der Waals surface area contributed by atoms with Crippen molar-refractivity contribution < 1.29 is 4.79 Å². The summed E-state index contributed by atoms with van der Waals surface area (Å²) in [6.07, 6.45) is 3.84. The van der Waals surface area contributed by atoms with Gasteiger partial charge in [0.15, 0.2) is 5.96 Å². The highest BCUT2D eigenvalue weighted by Crippen LogP contribution is 2.18. The minimum absolute atomic E-state index is 0. The Balaban J connectivity index is 0.00000338. The minimum Gasteiger partial charge on any atom is -0.357 e. The lowest BCUT2D eigenvalue weighted by Gasteiger charge is -2.16. The quantitative estimate of drug-likeness (QED) is 0.252. The van der Waals surface area contributed by atoms with Gasteiger partial charge in [-0.1, -0.05) is 43.7 Å². The number of likely N-dealkylation sites (tertiary alicyclic amines) is 1. The van der Waals surface area contributed by atoms with Crippen LogP contribution in [0.15, 0.2) is 35.3 Å². The number of hydrogen-bond donors (Lipinski definition) is 2. The Morgan fingerprint density at radius 3 is 2.69 bits per heavy atom. The van der Waals surface area contributed by atoms with E-state index in [0.29, 0.717) is 18.9 Å². The van der Waals surface area contributed by atoms with Gasteiger partial charge in [-0.2, -0.15) is 0 Å². The molecule has 2 N–H and O–H groups in total. The highest BCUT2D eigenvalue weighted by atomic mass is 127. The second-order valence-electron chi connectivity index (χ2n) is 6.65. The maximum Gasteiger partial charge on any atom is 0.223 e. The van der Waals surface area contributed by atoms with Gasteiger partial charge < -0.3 is 15.5 Å². The van der Waals surface area contributed by atoms with Gasteiger partial charge in [0.2, 0.25) is 5.91 Å². The van der Waals surface area contributed by atoms with E-state index in [2.05, 4.69) is 41.6 Å². The zero-order valence-corrected chi connectivity index (χ0v) is 18.4. The van der Waals surface area contributed by atoms with Crippen LogP contribution in [-0.4, -0.2) is 49.5 Å². The number of rotatable bonds is 9. The van der Waals surface area contributed by atoms with Crippen LogP contribution in [0.25, 0.3) is 0 Å². The number of nitrogens with zero attached hydrogens (tertiary/aromatic N) is 2. The van der Waals surface area contributed by atoms with E-state index in [9.17, 15) is 4.79 Å². The van der Waals surface area contributed by atoms with Gasteiger partial charge in [0.05, 0.1) is 0 Å². The standard InChI is InChI=1S/C20H32N4O.HI/c1-3-5-12-22-20(21-4-2)23-15-18-14-19(25)24(16-18)13-11-17-9-7-6-8-10-17;/h6-10,18H,3-5,11-16H2,1-2H3,(H2,21,22,23);1H. The Morgan fingerprint density at radius 1 is 1.23 bits per heavy atom. The van der Waals surface area contributed by atoms with Crippen molar-refractivity contribution in [1.82, 2.24) is 15.5 Å². The van der Waals surface area contributed by atoms with Crippen molar-refractivity contribution >= 4 is 35.8 Å². The highest BCUT2D eigenvalue weighted by Gasteiger charge is 2.28. The first kappa shape index (κ1) is 22.7. The van der Waals surface area contributed by atoms with E-state index >= 15 is 0 Å². The molecule has 5 nitrogen and oxygen atoms in total. The molecule has 0 bridgehead atoms. The van der Waals surface area contributed by atoms with Gasteiger partial charge in [0, 0.05) is 45.1 Å². The Labute approximate surface area is 175 Å². The Kier molecular flexibility index (Phi) is 11.3. The molecule has 1 aromatic rings. The third-order valence-electron chi connectivity index (χ3n) is 4.48. The fraction of sp³-hybridized carbons (Fsp3) is 0.600. The summed E-state index contributed by atoms with van der Waals surface area (Å²) in [5.74, 6) is 1.45. The van der Waals surface area contributed by atoms with Crippen molar-refractivity contribution in [1.29, 1.82) is 0 Å². The molecule has 1 fully saturated rings. The van der Waals surface area contributed by atoms with Crippen LogP contribution in [-0.2, 0) is 11.2 Å². The lowest BCUT2D eigenvalue weighted by atomic mass is 10.1. The molecule has 1 amide bonds. The van der Waals surface area contributed by atoms with Gasteiger partial charge >= 0.3 is 0 Å². The van der Waals surface area contributed by atoms with E-state index in [1.807, 2.05) is 23.1 Å². The first-order valence-corrected chi connectivity index (χ1v) is 9.56. The smallest absolute Gasteiger partial charge is 0.223 e. The number of guanidine groups is 1. The predicted octanol–water partition coefficient (Wildman–Crippen LogP) is 3.05. The SMILES string of the molecule is CCCCNC(=NCC1CC(=O)N(CCc2ccccc2)C1)NCC.I. The number of nitrogens with one attached hydrogen (secondary N) is 2. The number of amides is 1. The average Bonchev–Trinajstić information content (AvgIpc) is 2.99. The molecule has 0 aromatic heterocycles. The summed E-state index contributed by atoms with van der Waals surface area (Å²) >= 11 is 0.